The number of thioether (sulfide) groups is 1. The van der Waals surface area contributed by atoms with Crippen molar-refractivity contribution in [3.63, 3.8) is 0 Å². The summed E-state index contributed by atoms with van der Waals surface area (Å²) < 4.78 is 0. The van der Waals surface area contributed by atoms with Crippen LogP contribution in [0.3, 0.4) is 0 Å². The Labute approximate surface area is 109 Å². The molecular formula is C10H18N2O5S. The van der Waals surface area contributed by atoms with Crippen molar-refractivity contribution in [3.8, 4) is 0 Å². The molecule has 7 nitrogen and oxygen atoms in total. The lowest BCUT2D eigenvalue weighted by atomic mass is 10.1. The number of hydrogen-bond acceptors (Lipinski definition) is 4. The first-order valence-corrected chi connectivity index (χ1v) is 6.84. The van der Waals surface area contributed by atoms with Crippen LogP contribution in [0.5, 0.6) is 0 Å². The third kappa shape index (κ3) is 8.68. The predicted molar refractivity (Wildman–Crippen MR) is 67.8 cm³/mol. The number of carbonyl (C=O) groups excluding carboxylic acids is 1. The molecule has 0 radical (unpaired) electrons. The van der Waals surface area contributed by atoms with Gasteiger partial charge in [0.15, 0.2) is 0 Å². The maximum atomic E-state index is 11.3. The molecule has 2 amide bonds. The zero-order valence-electron chi connectivity index (χ0n) is 10.1. The van der Waals surface area contributed by atoms with Crippen molar-refractivity contribution in [2.45, 2.75) is 25.3 Å². The van der Waals surface area contributed by atoms with E-state index in [9.17, 15) is 14.4 Å². The van der Waals surface area contributed by atoms with Gasteiger partial charge in [0.05, 0.1) is 0 Å². The molecule has 0 aromatic carbocycles. The molecule has 8 heteroatoms. The Balaban J connectivity index is 3.96. The number of rotatable bonds is 9. The smallest absolute Gasteiger partial charge is 0.326 e. The predicted octanol–water partition coefficient (Wildman–Crippen LogP) is 0.357. The van der Waals surface area contributed by atoms with Crippen LogP contribution in [0, 0.1) is 0 Å². The number of carbonyl (C=O) groups is 3. The molecule has 0 rings (SSSR count). The van der Waals surface area contributed by atoms with Crippen LogP contribution in [0.15, 0.2) is 0 Å². The largest absolute Gasteiger partial charge is 0.481 e. The number of amides is 2. The van der Waals surface area contributed by atoms with Crippen LogP contribution < -0.4 is 10.6 Å². The Morgan fingerprint density at radius 1 is 1.28 bits per heavy atom. The molecule has 0 fully saturated rings. The molecule has 4 N–H and O–H groups in total. The second-order valence-corrected chi connectivity index (χ2v) is 4.56. The van der Waals surface area contributed by atoms with E-state index in [2.05, 4.69) is 10.6 Å². The van der Waals surface area contributed by atoms with Crippen molar-refractivity contribution < 1.29 is 24.6 Å². The molecule has 0 saturated carbocycles. The molecule has 0 aliphatic heterocycles. The van der Waals surface area contributed by atoms with Gasteiger partial charge in [-0.15, -0.1) is 0 Å². The van der Waals surface area contributed by atoms with Gasteiger partial charge in [0, 0.05) is 13.0 Å². The van der Waals surface area contributed by atoms with Gasteiger partial charge in [-0.1, -0.05) is 0 Å². The summed E-state index contributed by atoms with van der Waals surface area (Å²) in [6, 6.07) is -1.77. The molecule has 1 atom stereocenters. The Bertz CT molecular complexity index is 298. The summed E-state index contributed by atoms with van der Waals surface area (Å²) in [6.45, 7) is 0.456. The summed E-state index contributed by atoms with van der Waals surface area (Å²) >= 11 is 1.65. The highest BCUT2D eigenvalue weighted by Crippen LogP contribution is 1.98. The fraction of sp³-hybridized carbons (Fsp3) is 0.700. The van der Waals surface area contributed by atoms with Gasteiger partial charge in [-0.2, -0.15) is 11.8 Å². The Morgan fingerprint density at radius 3 is 2.44 bits per heavy atom. The SMILES string of the molecule is [11CH3]SCCCNC(=O)N[C@@H](CCC(=O)O)C(=O)O. The summed E-state index contributed by atoms with van der Waals surface area (Å²) in [5.41, 5.74) is 0. The summed E-state index contributed by atoms with van der Waals surface area (Å²) in [5, 5.41) is 22.0. The van der Waals surface area contributed by atoms with E-state index < -0.39 is 24.0 Å². The molecule has 0 spiro atoms. The van der Waals surface area contributed by atoms with E-state index in [-0.39, 0.29) is 12.8 Å². The van der Waals surface area contributed by atoms with Crippen molar-refractivity contribution in [2.75, 3.05) is 18.6 Å². The Morgan fingerprint density at radius 2 is 1.94 bits per heavy atom. The van der Waals surface area contributed by atoms with Gasteiger partial charge < -0.3 is 20.8 Å². The van der Waals surface area contributed by atoms with Gasteiger partial charge in [0.25, 0.3) is 0 Å². The van der Waals surface area contributed by atoms with Crippen molar-refractivity contribution in [1.29, 1.82) is 0 Å². The third-order valence-corrected chi connectivity index (χ3v) is 2.76. The van der Waals surface area contributed by atoms with E-state index in [1.54, 1.807) is 11.8 Å². The van der Waals surface area contributed by atoms with E-state index in [0.29, 0.717) is 6.54 Å². The van der Waals surface area contributed by atoms with E-state index in [4.69, 9.17) is 10.2 Å². The average molecular weight is 277 g/mol. The van der Waals surface area contributed by atoms with Crippen LogP contribution in [0.1, 0.15) is 19.3 Å². The van der Waals surface area contributed by atoms with E-state index in [1.165, 1.54) is 0 Å². The lowest BCUT2D eigenvalue weighted by Crippen LogP contribution is -2.46. The van der Waals surface area contributed by atoms with Crippen molar-refractivity contribution in [2.24, 2.45) is 0 Å². The first-order valence-electron chi connectivity index (χ1n) is 5.45. The number of nitrogens with one attached hydrogen (secondary N) is 2. The number of carboxylic acids is 2. The van der Waals surface area contributed by atoms with Gasteiger partial charge >= 0.3 is 18.0 Å². The normalized spacial score (nSPS) is 11.6. The van der Waals surface area contributed by atoms with Crippen molar-refractivity contribution in [1.82, 2.24) is 10.6 Å². The van der Waals surface area contributed by atoms with Gasteiger partial charge in [-0.25, -0.2) is 9.59 Å². The molecular weight excluding hydrogens is 259 g/mol. The molecule has 104 valence electrons. The zero-order chi connectivity index (χ0) is 14.0. The molecule has 0 unspecified atom stereocenters. The first-order chi connectivity index (χ1) is 8.47. The maximum absolute atomic E-state index is 11.3. The molecule has 0 aromatic heterocycles. The highest BCUT2D eigenvalue weighted by atomic mass is 32.2. The molecule has 0 bridgehead atoms. The fourth-order valence-electron chi connectivity index (χ4n) is 1.15. The van der Waals surface area contributed by atoms with Crippen molar-refractivity contribution in [3.05, 3.63) is 0 Å². The standard InChI is InChI=1S/C10H18N2O5S/c1-18-6-2-5-11-10(17)12-7(9(15)16)3-4-8(13)14/h7H,2-6H2,1H3,(H,13,14)(H,15,16)(H2,11,12,17)/t7-/m0/s1/i1-1. The third-order valence-electron chi connectivity index (χ3n) is 2.06. The lowest BCUT2D eigenvalue weighted by molar-refractivity contribution is -0.140. The van der Waals surface area contributed by atoms with Crippen LogP contribution in [0.4, 0.5) is 4.79 Å². The van der Waals surface area contributed by atoms with Crippen LogP contribution in [0.25, 0.3) is 0 Å². The van der Waals surface area contributed by atoms with Crippen LogP contribution in [-0.2, 0) is 9.59 Å². The highest BCUT2D eigenvalue weighted by molar-refractivity contribution is 7.98. The second kappa shape index (κ2) is 9.58. The number of urea groups is 1. The molecule has 0 heterocycles. The van der Waals surface area contributed by atoms with Crippen LogP contribution >= 0.6 is 11.8 Å². The minimum atomic E-state index is -1.24. The fourth-order valence-corrected chi connectivity index (χ4v) is 1.59. The van der Waals surface area contributed by atoms with Gasteiger partial charge in [-0.05, 0) is 24.9 Å². The monoisotopic (exact) mass is 277 g/mol. The quantitative estimate of drug-likeness (QED) is 0.452. The van der Waals surface area contributed by atoms with Gasteiger partial charge in [-0.3, -0.25) is 4.79 Å². The Kier molecular flexibility index (Phi) is 8.81. The summed E-state index contributed by atoms with van der Waals surface area (Å²) in [6.07, 6.45) is 2.31. The summed E-state index contributed by atoms with van der Waals surface area (Å²) in [5.74, 6) is -1.43. The number of hydrogen-bond donors (Lipinski definition) is 4. The van der Waals surface area contributed by atoms with Crippen molar-refractivity contribution >= 4 is 29.7 Å². The number of aliphatic carboxylic acids is 2. The molecule has 18 heavy (non-hydrogen) atoms. The molecule has 0 saturated heterocycles. The zero-order valence-corrected chi connectivity index (χ0v) is 11.0. The summed E-state index contributed by atoms with van der Waals surface area (Å²) in [4.78, 5) is 32.4. The van der Waals surface area contributed by atoms with E-state index in [1.807, 2.05) is 6.26 Å². The van der Waals surface area contributed by atoms with Crippen LogP contribution in [0.2, 0.25) is 0 Å². The molecule has 0 aromatic rings. The second-order valence-electron chi connectivity index (χ2n) is 3.57. The minimum Gasteiger partial charge on any atom is -0.481 e. The van der Waals surface area contributed by atoms with Gasteiger partial charge in [0.2, 0.25) is 0 Å². The van der Waals surface area contributed by atoms with E-state index >= 15 is 0 Å². The summed E-state index contributed by atoms with van der Waals surface area (Å²) in [7, 11) is 0. The minimum absolute atomic E-state index is 0.136. The van der Waals surface area contributed by atoms with E-state index in [0.717, 1.165) is 12.2 Å². The average Bonchev–Trinajstić information content (AvgIpc) is 2.29. The topological polar surface area (TPSA) is 116 Å². The van der Waals surface area contributed by atoms with Gasteiger partial charge in [0.1, 0.15) is 6.04 Å². The highest BCUT2D eigenvalue weighted by Gasteiger charge is 2.20. The maximum Gasteiger partial charge on any atom is 0.326 e. The lowest BCUT2D eigenvalue weighted by Gasteiger charge is -2.14. The number of carboxylic acid groups (broad SMARTS) is 2. The Hall–Kier alpha value is -1.44. The molecule has 0 aliphatic rings. The first kappa shape index (κ1) is 16.6. The molecule has 0 aliphatic carbocycles. The van der Waals surface area contributed by atoms with Crippen LogP contribution in [-0.4, -0.2) is 52.8 Å².